The lowest BCUT2D eigenvalue weighted by Crippen LogP contribution is -2.36. The Bertz CT molecular complexity index is 1290. The fourth-order valence-corrected chi connectivity index (χ4v) is 4.54. The van der Waals surface area contributed by atoms with Crippen LogP contribution in [0.4, 0.5) is 10.1 Å². The van der Waals surface area contributed by atoms with Gasteiger partial charge in [-0.1, -0.05) is 30.3 Å². The third-order valence-corrected chi connectivity index (χ3v) is 6.51. The molecule has 1 fully saturated rings. The van der Waals surface area contributed by atoms with E-state index in [2.05, 4.69) is 27.7 Å². The Balaban J connectivity index is 1.35. The maximum atomic E-state index is 13.3. The first kappa shape index (κ1) is 23.0. The fraction of sp³-hybridized carbons (Fsp3) is 0.214. The number of carbonyl (C=O) groups is 2. The maximum Gasteiger partial charge on any atom is 0.260 e. The number of hydrogen-bond acceptors (Lipinski definition) is 5. The summed E-state index contributed by atoms with van der Waals surface area (Å²) in [6.07, 6.45) is 2.98. The van der Waals surface area contributed by atoms with E-state index in [0.29, 0.717) is 22.8 Å². The quantitative estimate of drug-likeness (QED) is 0.411. The molecule has 2 aliphatic heterocycles. The van der Waals surface area contributed by atoms with Crippen molar-refractivity contribution in [1.29, 1.82) is 0 Å². The second-order valence-electron chi connectivity index (χ2n) is 8.83. The number of carbonyl (C=O) groups excluding carboxylic acids is 2. The highest BCUT2D eigenvalue weighted by Crippen LogP contribution is 2.30. The number of ether oxygens (including phenoxy) is 1. The summed E-state index contributed by atoms with van der Waals surface area (Å²) in [6, 6.07) is 19.4. The normalized spacial score (nSPS) is 19.0. The van der Waals surface area contributed by atoms with E-state index in [1.54, 1.807) is 43.6 Å². The van der Waals surface area contributed by atoms with Gasteiger partial charge in [-0.3, -0.25) is 19.8 Å². The van der Waals surface area contributed by atoms with Crippen LogP contribution >= 0.6 is 0 Å². The van der Waals surface area contributed by atoms with E-state index in [1.165, 1.54) is 17.7 Å². The van der Waals surface area contributed by atoms with E-state index in [-0.39, 0.29) is 5.82 Å². The highest BCUT2D eigenvalue weighted by Gasteiger charge is 2.27. The van der Waals surface area contributed by atoms with E-state index in [9.17, 15) is 14.0 Å². The van der Waals surface area contributed by atoms with Crippen LogP contribution < -0.4 is 10.6 Å². The summed E-state index contributed by atoms with van der Waals surface area (Å²) in [4.78, 5) is 27.4. The molecule has 0 bridgehead atoms. The Labute approximate surface area is 203 Å². The van der Waals surface area contributed by atoms with Gasteiger partial charge in [-0.25, -0.2) is 4.39 Å². The molecule has 3 aromatic carbocycles. The number of amides is 2. The van der Waals surface area contributed by atoms with Crippen molar-refractivity contribution in [3.63, 3.8) is 0 Å². The van der Waals surface area contributed by atoms with Crippen molar-refractivity contribution in [3.8, 4) is 11.1 Å². The molecule has 2 amide bonds. The molecule has 178 valence electrons. The van der Waals surface area contributed by atoms with Crippen molar-refractivity contribution in [1.82, 2.24) is 10.2 Å². The summed E-state index contributed by atoms with van der Waals surface area (Å²) >= 11 is 0. The number of fused-ring (bicyclic) bond motifs is 1. The first-order chi connectivity index (χ1) is 17.0. The predicted molar refractivity (Wildman–Crippen MR) is 133 cm³/mol. The predicted octanol–water partition coefficient (Wildman–Crippen LogP) is 4.44. The average molecular weight is 472 g/mol. The second-order valence-corrected chi connectivity index (χ2v) is 8.83. The third-order valence-electron chi connectivity index (χ3n) is 6.51. The molecule has 5 rings (SSSR count). The largest absolute Gasteiger partial charge is 0.380 e. The lowest BCUT2D eigenvalue weighted by molar-refractivity contribution is -0.114. The topological polar surface area (TPSA) is 70.7 Å². The van der Waals surface area contributed by atoms with Gasteiger partial charge in [0, 0.05) is 49.8 Å². The number of halogens is 1. The minimum absolute atomic E-state index is 0.308. The van der Waals surface area contributed by atoms with E-state index in [0.717, 1.165) is 42.9 Å². The lowest BCUT2D eigenvalue weighted by atomic mass is 9.91. The zero-order valence-electron chi connectivity index (χ0n) is 19.4. The summed E-state index contributed by atoms with van der Waals surface area (Å²) in [6.45, 7) is 2.83. The summed E-state index contributed by atoms with van der Waals surface area (Å²) in [7, 11) is 1.76. The smallest absolute Gasteiger partial charge is 0.260 e. The molecule has 0 aromatic heterocycles. The summed E-state index contributed by atoms with van der Waals surface area (Å²) in [5, 5.41) is 5.58. The molecule has 2 N–H and O–H groups in total. The molecular weight excluding hydrogens is 445 g/mol. The van der Waals surface area contributed by atoms with Crippen LogP contribution in [-0.4, -0.2) is 43.0 Å². The van der Waals surface area contributed by atoms with Crippen LogP contribution in [0, 0.1) is 5.82 Å². The molecule has 0 spiro atoms. The molecule has 3 aromatic rings. The number of nitrogens with zero attached hydrogens (tertiary/aromatic N) is 1. The Morgan fingerprint density at radius 1 is 1.00 bits per heavy atom. The number of imide groups is 1. The van der Waals surface area contributed by atoms with Gasteiger partial charge in [-0.15, -0.1) is 0 Å². The lowest BCUT2D eigenvalue weighted by Gasteiger charge is -2.20. The van der Waals surface area contributed by atoms with Gasteiger partial charge in [-0.2, -0.15) is 0 Å². The molecular formula is C28H26FN3O3. The van der Waals surface area contributed by atoms with Gasteiger partial charge in [0.15, 0.2) is 0 Å². The Morgan fingerprint density at radius 2 is 1.74 bits per heavy atom. The van der Waals surface area contributed by atoms with E-state index in [4.69, 9.17) is 4.74 Å². The van der Waals surface area contributed by atoms with Crippen LogP contribution in [0.5, 0.6) is 0 Å². The van der Waals surface area contributed by atoms with Crippen LogP contribution in [0.1, 0.15) is 27.9 Å². The number of rotatable bonds is 6. The second kappa shape index (κ2) is 9.82. The summed E-state index contributed by atoms with van der Waals surface area (Å²) < 4.78 is 18.8. The van der Waals surface area contributed by atoms with Crippen LogP contribution in [0.2, 0.25) is 0 Å². The molecule has 7 heteroatoms. The van der Waals surface area contributed by atoms with Crippen molar-refractivity contribution in [2.45, 2.75) is 19.1 Å². The maximum absolute atomic E-state index is 13.3. The highest BCUT2D eigenvalue weighted by atomic mass is 19.1. The van der Waals surface area contributed by atoms with Crippen molar-refractivity contribution >= 4 is 23.1 Å². The Hall–Kier alpha value is -3.81. The number of likely N-dealkylation sites (tertiary alicyclic amines) is 1. The molecule has 0 aliphatic carbocycles. The zero-order chi connectivity index (χ0) is 24.4. The number of anilines is 1. The zero-order valence-corrected chi connectivity index (χ0v) is 19.4. The average Bonchev–Trinajstić information content (AvgIpc) is 3.32. The first-order valence-electron chi connectivity index (χ1n) is 11.6. The molecule has 0 radical (unpaired) electrons. The standard InChI is InChI=1S/C28H26FN3O3/c1-35-23-12-13-32(17-23)16-18-2-9-22(10-3-18)30-15-26-25-14-20(19-4-7-21(29)8-5-19)6-11-24(25)27(33)31-28(26)34/h2-11,14-15,23,30H,12-13,16-17H2,1H3,(H,31,33,34)/b26-15-/t23-/m0/s1. The van der Waals surface area contributed by atoms with E-state index < -0.39 is 11.8 Å². The fourth-order valence-electron chi connectivity index (χ4n) is 4.54. The molecule has 6 nitrogen and oxygen atoms in total. The van der Waals surface area contributed by atoms with Gasteiger partial charge in [0.05, 0.1) is 11.7 Å². The summed E-state index contributed by atoms with van der Waals surface area (Å²) in [5.41, 5.74) is 4.93. The number of nitrogens with one attached hydrogen (secondary N) is 2. The van der Waals surface area contributed by atoms with Crippen LogP contribution in [0.15, 0.2) is 72.9 Å². The number of benzene rings is 3. The van der Waals surface area contributed by atoms with Crippen LogP contribution in [0.25, 0.3) is 16.7 Å². The van der Waals surface area contributed by atoms with Gasteiger partial charge in [-0.05, 0) is 59.5 Å². The SMILES string of the molecule is CO[C@H]1CCN(Cc2ccc(N/C=C3\C(=O)NC(=O)c4ccc(-c5ccc(F)cc5)cc43)cc2)C1. The molecule has 1 saturated heterocycles. The molecule has 2 heterocycles. The Morgan fingerprint density at radius 3 is 2.46 bits per heavy atom. The molecule has 35 heavy (non-hydrogen) atoms. The molecule has 0 saturated carbocycles. The van der Waals surface area contributed by atoms with Crippen molar-refractivity contribution in [2.75, 3.05) is 25.5 Å². The van der Waals surface area contributed by atoms with Gasteiger partial charge in [0.2, 0.25) is 0 Å². The van der Waals surface area contributed by atoms with Crippen LogP contribution in [-0.2, 0) is 16.1 Å². The van der Waals surface area contributed by atoms with E-state index >= 15 is 0 Å². The monoisotopic (exact) mass is 471 g/mol. The number of hydrogen-bond donors (Lipinski definition) is 2. The summed E-state index contributed by atoms with van der Waals surface area (Å²) in [5.74, 6) is -1.23. The van der Waals surface area contributed by atoms with Gasteiger partial charge < -0.3 is 10.1 Å². The third kappa shape index (κ3) is 5.01. The Kier molecular flexibility index (Phi) is 6.44. The van der Waals surface area contributed by atoms with Crippen molar-refractivity contribution in [2.24, 2.45) is 0 Å². The minimum atomic E-state index is -0.468. The van der Waals surface area contributed by atoms with Crippen molar-refractivity contribution < 1.29 is 18.7 Å². The van der Waals surface area contributed by atoms with Crippen molar-refractivity contribution in [3.05, 3.63) is 95.4 Å². The van der Waals surface area contributed by atoms with Gasteiger partial charge >= 0.3 is 0 Å². The van der Waals surface area contributed by atoms with E-state index in [1.807, 2.05) is 12.1 Å². The number of methoxy groups -OCH3 is 1. The molecule has 2 aliphatic rings. The van der Waals surface area contributed by atoms with Gasteiger partial charge in [0.1, 0.15) is 5.82 Å². The van der Waals surface area contributed by atoms with Gasteiger partial charge in [0.25, 0.3) is 11.8 Å². The van der Waals surface area contributed by atoms with Crippen LogP contribution in [0.3, 0.4) is 0 Å². The molecule has 1 atom stereocenters. The molecule has 0 unspecified atom stereocenters. The highest BCUT2D eigenvalue weighted by molar-refractivity contribution is 6.31. The first-order valence-corrected chi connectivity index (χ1v) is 11.6. The minimum Gasteiger partial charge on any atom is -0.380 e.